The van der Waals surface area contributed by atoms with Gasteiger partial charge in [0.05, 0.1) is 24.1 Å². The summed E-state index contributed by atoms with van der Waals surface area (Å²) in [7, 11) is 1.88. The van der Waals surface area contributed by atoms with Gasteiger partial charge in [0.1, 0.15) is 0 Å². The number of thiazole rings is 1. The average Bonchev–Trinajstić information content (AvgIpc) is 2.82. The molecule has 0 amide bonds. The summed E-state index contributed by atoms with van der Waals surface area (Å²) in [6.07, 6.45) is 2.66. The molecule has 0 atom stereocenters. The Labute approximate surface area is 90.5 Å². The number of aromatic nitrogens is 3. The first-order valence-corrected chi connectivity index (χ1v) is 5.54. The van der Waals surface area contributed by atoms with Crippen molar-refractivity contribution in [3.05, 3.63) is 11.1 Å². The Morgan fingerprint density at radius 3 is 3.40 bits per heavy atom. The summed E-state index contributed by atoms with van der Waals surface area (Å²) < 4.78 is 5.53. The number of fused-ring (bicyclic) bond motifs is 3. The van der Waals surface area contributed by atoms with E-state index in [1.165, 1.54) is 4.88 Å². The molecule has 0 aromatic carbocycles. The number of nitrogens with zero attached hydrogens (tertiary/aromatic N) is 2. The van der Waals surface area contributed by atoms with Crippen LogP contribution in [0.2, 0.25) is 0 Å². The number of aromatic amines is 1. The quantitative estimate of drug-likeness (QED) is 0.767. The Morgan fingerprint density at radius 1 is 1.60 bits per heavy atom. The average molecular weight is 222 g/mol. The van der Waals surface area contributed by atoms with Crippen LogP contribution < -0.4 is 10.1 Å². The number of H-pyrrole nitrogens is 1. The van der Waals surface area contributed by atoms with Crippen molar-refractivity contribution in [2.45, 2.75) is 6.42 Å². The van der Waals surface area contributed by atoms with E-state index < -0.39 is 0 Å². The highest BCUT2D eigenvalue weighted by Crippen LogP contribution is 2.37. The zero-order valence-electron chi connectivity index (χ0n) is 8.20. The molecule has 1 aliphatic heterocycles. The normalized spacial score (nSPS) is 13.7. The molecular weight excluding hydrogens is 212 g/mol. The van der Waals surface area contributed by atoms with Crippen molar-refractivity contribution < 1.29 is 4.74 Å². The summed E-state index contributed by atoms with van der Waals surface area (Å²) in [5.41, 5.74) is 1.95. The molecule has 5 nitrogen and oxygen atoms in total. The number of nitrogens with one attached hydrogen (secondary N) is 2. The highest BCUT2D eigenvalue weighted by atomic mass is 32.1. The monoisotopic (exact) mass is 222 g/mol. The third-order valence-corrected chi connectivity index (χ3v) is 3.48. The number of rotatable bonds is 1. The van der Waals surface area contributed by atoms with E-state index in [-0.39, 0.29) is 0 Å². The van der Waals surface area contributed by atoms with Crippen LogP contribution >= 0.6 is 11.3 Å². The van der Waals surface area contributed by atoms with Crippen molar-refractivity contribution >= 4 is 16.5 Å². The Bertz CT molecular complexity index is 490. The van der Waals surface area contributed by atoms with Crippen molar-refractivity contribution in [3.63, 3.8) is 0 Å². The minimum Gasteiger partial charge on any atom is -0.477 e. The molecule has 0 unspecified atom stereocenters. The smallest absolute Gasteiger partial charge is 0.218 e. The molecule has 15 heavy (non-hydrogen) atoms. The molecule has 0 aliphatic carbocycles. The lowest BCUT2D eigenvalue weighted by atomic mass is 10.2. The van der Waals surface area contributed by atoms with Crippen molar-refractivity contribution in [1.82, 2.24) is 15.2 Å². The summed E-state index contributed by atoms with van der Waals surface area (Å²) >= 11 is 1.67. The largest absolute Gasteiger partial charge is 0.477 e. The molecule has 2 aromatic rings. The maximum Gasteiger partial charge on any atom is 0.218 e. The topological polar surface area (TPSA) is 62.8 Å². The molecule has 0 spiro atoms. The van der Waals surface area contributed by atoms with E-state index in [0.717, 1.165) is 28.7 Å². The Balaban J connectivity index is 2.19. The summed E-state index contributed by atoms with van der Waals surface area (Å²) in [6.45, 7) is 0.674. The molecule has 0 radical (unpaired) electrons. The molecule has 3 heterocycles. The maximum absolute atomic E-state index is 5.53. The fourth-order valence-electron chi connectivity index (χ4n) is 1.64. The SMILES string of the molecule is CNc1nc2c(s1)CCOc1[nH]ncc1-2. The molecule has 1 aliphatic rings. The highest BCUT2D eigenvalue weighted by Gasteiger charge is 2.21. The molecule has 6 heteroatoms. The van der Waals surface area contributed by atoms with Gasteiger partial charge < -0.3 is 10.1 Å². The van der Waals surface area contributed by atoms with Gasteiger partial charge in [-0.25, -0.2) is 10.1 Å². The second-order valence-electron chi connectivity index (χ2n) is 3.25. The molecule has 2 aromatic heterocycles. The fraction of sp³-hybridized carbons (Fsp3) is 0.333. The van der Waals surface area contributed by atoms with E-state index in [0.29, 0.717) is 6.61 Å². The summed E-state index contributed by atoms with van der Waals surface area (Å²) in [5, 5.41) is 10.8. The summed E-state index contributed by atoms with van der Waals surface area (Å²) in [4.78, 5) is 5.76. The lowest BCUT2D eigenvalue weighted by molar-refractivity contribution is 0.314. The molecule has 2 N–H and O–H groups in total. The van der Waals surface area contributed by atoms with E-state index >= 15 is 0 Å². The predicted octanol–water partition coefficient (Wildman–Crippen LogP) is 1.51. The first kappa shape index (κ1) is 8.72. The fourth-order valence-corrected chi connectivity index (χ4v) is 2.55. The molecular formula is C9H10N4OS. The maximum atomic E-state index is 5.53. The Hall–Kier alpha value is -1.56. The van der Waals surface area contributed by atoms with Gasteiger partial charge in [-0.1, -0.05) is 0 Å². The van der Waals surface area contributed by atoms with Gasteiger partial charge in [-0.2, -0.15) is 5.10 Å². The number of hydrogen-bond acceptors (Lipinski definition) is 5. The van der Waals surface area contributed by atoms with E-state index in [1.807, 2.05) is 7.05 Å². The van der Waals surface area contributed by atoms with Crippen molar-refractivity contribution in [2.24, 2.45) is 0 Å². The molecule has 3 rings (SSSR count). The van der Waals surface area contributed by atoms with Gasteiger partial charge in [0.2, 0.25) is 5.88 Å². The number of hydrogen-bond donors (Lipinski definition) is 2. The van der Waals surface area contributed by atoms with Gasteiger partial charge in [-0.3, -0.25) is 0 Å². The molecule has 0 bridgehead atoms. The second kappa shape index (κ2) is 3.23. The first-order valence-electron chi connectivity index (χ1n) is 4.72. The van der Waals surface area contributed by atoms with Crippen molar-refractivity contribution in [3.8, 4) is 17.1 Å². The van der Waals surface area contributed by atoms with Gasteiger partial charge in [-0.05, 0) is 0 Å². The van der Waals surface area contributed by atoms with Crippen LogP contribution in [-0.2, 0) is 6.42 Å². The summed E-state index contributed by atoms with van der Waals surface area (Å²) in [5.74, 6) is 0.724. The highest BCUT2D eigenvalue weighted by molar-refractivity contribution is 7.16. The van der Waals surface area contributed by atoms with E-state index in [4.69, 9.17) is 4.74 Å². The molecule has 0 saturated heterocycles. The lowest BCUT2D eigenvalue weighted by Gasteiger charge is -1.98. The Kier molecular flexibility index (Phi) is 1.88. The Morgan fingerprint density at radius 2 is 2.53 bits per heavy atom. The van der Waals surface area contributed by atoms with Crippen molar-refractivity contribution in [1.29, 1.82) is 0 Å². The van der Waals surface area contributed by atoms with Crippen LogP contribution in [-0.4, -0.2) is 28.8 Å². The minimum absolute atomic E-state index is 0.674. The standard InChI is InChI=1S/C9H10N4OS/c1-10-9-12-7-5-4-11-13-8(5)14-3-2-6(7)15-9/h4H,2-3H2,1H3,(H,10,12)(H,11,13). The molecule has 78 valence electrons. The van der Waals surface area contributed by atoms with Gasteiger partial charge in [0.15, 0.2) is 5.13 Å². The van der Waals surface area contributed by atoms with Crippen LogP contribution in [0.1, 0.15) is 4.88 Å². The van der Waals surface area contributed by atoms with Gasteiger partial charge in [-0.15, -0.1) is 11.3 Å². The minimum atomic E-state index is 0.674. The van der Waals surface area contributed by atoms with Crippen molar-refractivity contribution in [2.75, 3.05) is 19.0 Å². The third kappa shape index (κ3) is 1.29. The number of ether oxygens (including phenoxy) is 1. The van der Waals surface area contributed by atoms with Crippen LogP contribution in [0.25, 0.3) is 11.3 Å². The van der Waals surface area contributed by atoms with Crippen LogP contribution in [0.3, 0.4) is 0 Å². The van der Waals surface area contributed by atoms with Crippen LogP contribution in [0.4, 0.5) is 5.13 Å². The number of anilines is 1. The zero-order valence-corrected chi connectivity index (χ0v) is 9.02. The zero-order chi connectivity index (χ0) is 10.3. The van der Waals surface area contributed by atoms with E-state index in [2.05, 4.69) is 20.5 Å². The second-order valence-corrected chi connectivity index (χ2v) is 4.34. The van der Waals surface area contributed by atoms with Gasteiger partial charge >= 0.3 is 0 Å². The lowest BCUT2D eigenvalue weighted by Crippen LogP contribution is -1.98. The first-order chi connectivity index (χ1) is 7.38. The predicted molar refractivity (Wildman–Crippen MR) is 58.4 cm³/mol. The van der Waals surface area contributed by atoms with Crippen LogP contribution in [0.15, 0.2) is 6.20 Å². The van der Waals surface area contributed by atoms with E-state index in [9.17, 15) is 0 Å². The molecule has 0 fully saturated rings. The molecule has 0 saturated carbocycles. The van der Waals surface area contributed by atoms with Crippen LogP contribution in [0, 0.1) is 0 Å². The third-order valence-electron chi connectivity index (χ3n) is 2.35. The van der Waals surface area contributed by atoms with Gasteiger partial charge in [0.25, 0.3) is 0 Å². The van der Waals surface area contributed by atoms with Gasteiger partial charge in [0, 0.05) is 18.3 Å². The van der Waals surface area contributed by atoms with E-state index in [1.54, 1.807) is 17.5 Å². The summed E-state index contributed by atoms with van der Waals surface area (Å²) in [6, 6.07) is 0. The van der Waals surface area contributed by atoms with Crippen LogP contribution in [0.5, 0.6) is 5.88 Å².